The van der Waals surface area contributed by atoms with Crippen molar-refractivity contribution in [2.24, 2.45) is 5.11 Å². The van der Waals surface area contributed by atoms with Crippen LogP contribution in [0.2, 0.25) is 0 Å². The van der Waals surface area contributed by atoms with Crippen molar-refractivity contribution in [3.63, 3.8) is 0 Å². The molecule has 2 aliphatic heterocycles. The Kier molecular flexibility index (Phi) is 2.98. The molecule has 2 heterocycles. The molecule has 2 amide bonds. The van der Waals surface area contributed by atoms with E-state index in [4.69, 9.17) is 10.4 Å². The summed E-state index contributed by atoms with van der Waals surface area (Å²) in [4.78, 5) is 21.9. The second kappa shape index (κ2) is 4.79. The summed E-state index contributed by atoms with van der Waals surface area (Å²) in [6.45, 7) is 1.06. The monoisotopic (exact) mass is 259 g/mol. The molecule has 0 bridgehead atoms. The fourth-order valence-corrected chi connectivity index (χ4v) is 2.26. The normalized spacial score (nSPS) is 25.1. The SMILES string of the molecule is [N-]=[N+]=NC1CCN(C(=O)N2OC2c2ccccc2)C1. The van der Waals surface area contributed by atoms with Crippen LogP contribution in [0.5, 0.6) is 0 Å². The van der Waals surface area contributed by atoms with Crippen molar-refractivity contribution in [3.05, 3.63) is 46.3 Å². The van der Waals surface area contributed by atoms with Gasteiger partial charge in [-0.1, -0.05) is 35.4 Å². The number of hydrogen-bond donors (Lipinski definition) is 0. The van der Waals surface area contributed by atoms with Gasteiger partial charge in [0.25, 0.3) is 0 Å². The van der Waals surface area contributed by atoms with Crippen LogP contribution in [-0.2, 0) is 4.84 Å². The van der Waals surface area contributed by atoms with E-state index in [-0.39, 0.29) is 18.3 Å². The Labute approximate surface area is 109 Å². The minimum atomic E-state index is -0.285. The van der Waals surface area contributed by atoms with E-state index in [1.54, 1.807) is 4.90 Å². The Morgan fingerprint density at radius 1 is 1.42 bits per heavy atom. The molecule has 3 rings (SSSR count). The first kappa shape index (κ1) is 11.8. The van der Waals surface area contributed by atoms with Gasteiger partial charge in [-0.05, 0) is 12.0 Å². The van der Waals surface area contributed by atoms with Crippen molar-refractivity contribution >= 4 is 6.03 Å². The molecule has 0 saturated carbocycles. The Morgan fingerprint density at radius 2 is 2.21 bits per heavy atom. The van der Waals surface area contributed by atoms with E-state index >= 15 is 0 Å². The first-order chi connectivity index (χ1) is 9.29. The molecule has 2 fully saturated rings. The molecule has 2 atom stereocenters. The van der Waals surface area contributed by atoms with Crippen LogP contribution in [0.25, 0.3) is 10.4 Å². The van der Waals surface area contributed by atoms with Crippen molar-refractivity contribution in [3.8, 4) is 0 Å². The van der Waals surface area contributed by atoms with E-state index in [0.29, 0.717) is 19.5 Å². The lowest BCUT2D eigenvalue weighted by atomic mass is 10.2. The number of amides is 2. The largest absolute Gasteiger partial charge is 0.346 e. The number of hydrogen-bond acceptors (Lipinski definition) is 3. The molecule has 0 spiro atoms. The second-order valence-corrected chi connectivity index (χ2v) is 4.57. The predicted molar refractivity (Wildman–Crippen MR) is 66.6 cm³/mol. The fraction of sp³-hybridized carbons (Fsp3) is 0.417. The first-order valence-electron chi connectivity index (χ1n) is 6.13. The minimum Gasteiger partial charge on any atom is -0.322 e. The van der Waals surface area contributed by atoms with Crippen LogP contribution in [0.4, 0.5) is 4.79 Å². The zero-order valence-electron chi connectivity index (χ0n) is 10.2. The zero-order valence-corrected chi connectivity index (χ0v) is 10.2. The van der Waals surface area contributed by atoms with Crippen LogP contribution < -0.4 is 0 Å². The highest BCUT2D eigenvalue weighted by Gasteiger charge is 2.45. The predicted octanol–water partition coefficient (Wildman–Crippen LogP) is 2.44. The molecule has 7 heteroatoms. The average Bonchev–Trinajstić information content (AvgIpc) is 3.12. The molecule has 7 nitrogen and oxygen atoms in total. The quantitative estimate of drug-likeness (QED) is 0.353. The van der Waals surface area contributed by atoms with Crippen molar-refractivity contribution in [1.29, 1.82) is 0 Å². The molecule has 0 radical (unpaired) electrons. The topological polar surface area (TPSA) is 84.6 Å². The Hall–Kier alpha value is -2.24. The molecule has 1 aromatic rings. The summed E-state index contributed by atoms with van der Waals surface area (Å²) >= 11 is 0. The molecule has 0 N–H and O–H groups in total. The molecule has 0 aromatic heterocycles. The van der Waals surface area contributed by atoms with Crippen LogP contribution in [0.3, 0.4) is 0 Å². The molecule has 1 aromatic carbocycles. The van der Waals surface area contributed by atoms with E-state index in [1.807, 2.05) is 30.3 Å². The van der Waals surface area contributed by atoms with Crippen LogP contribution in [0, 0.1) is 0 Å². The Morgan fingerprint density at radius 3 is 2.95 bits per heavy atom. The number of rotatable bonds is 2. The van der Waals surface area contributed by atoms with Crippen LogP contribution in [0.1, 0.15) is 18.2 Å². The van der Waals surface area contributed by atoms with Crippen LogP contribution in [-0.4, -0.2) is 35.1 Å². The summed E-state index contributed by atoms with van der Waals surface area (Å²) in [6.07, 6.45) is 0.423. The average molecular weight is 259 g/mol. The van der Waals surface area contributed by atoms with Gasteiger partial charge in [0.2, 0.25) is 6.23 Å². The molecule has 2 aliphatic rings. The highest BCUT2D eigenvalue weighted by atomic mass is 16.8. The molecule has 0 aliphatic carbocycles. The third kappa shape index (κ3) is 2.33. The number of nitrogens with zero attached hydrogens (tertiary/aromatic N) is 5. The van der Waals surface area contributed by atoms with Crippen molar-refractivity contribution in [2.75, 3.05) is 13.1 Å². The van der Waals surface area contributed by atoms with Gasteiger partial charge in [0, 0.05) is 23.6 Å². The third-order valence-electron chi connectivity index (χ3n) is 3.30. The van der Waals surface area contributed by atoms with Gasteiger partial charge in [-0.3, -0.25) is 0 Å². The van der Waals surface area contributed by atoms with E-state index in [0.717, 1.165) is 5.56 Å². The van der Waals surface area contributed by atoms with Gasteiger partial charge in [0.1, 0.15) is 0 Å². The number of carbonyl (C=O) groups is 1. The molecule has 98 valence electrons. The van der Waals surface area contributed by atoms with Crippen LogP contribution >= 0.6 is 0 Å². The molecule has 19 heavy (non-hydrogen) atoms. The molecular weight excluding hydrogens is 246 g/mol. The van der Waals surface area contributed by atoms with Gasteiger partial charge in [-0.2, -0.15) is 5.06 Å². The maximum absolute atomic E-state index is 12.1. The number of azide groups is 1. The number of likely N-dealkylation sites (tertiary alicyclic amines) is 1. The first-order valence-corrected chi connectivity index (χ1v) is 6.13. The Balaban J connectivity index is 1.60. The van der Waals surface area contributed by atoms with E-state index in [9.17, 15) is 4.79 Å². The molecule has 2 saturated heterocycles. The van der Waals surface area contributed by atoms with Gasteiger partial charge < -0.3 is 4.90 Å². The summed E-state index contributed by atoms with van der Waals surface area (Å²) in [5, 5.41) is 5.00. The lowest BCUT2D eigenvalue weighted by Gasteiger charge is -2.14. The summed E-state index contributed by atoms with van der Waals surface area (Å²) in [7, 11) is 0. The molecular formula is C12H13N5O2. The maximum atomic E-state index is 12.1. The maximum Gasteiger partial charge on any atom is 0.346 e. The number of benzene rings is 1. The van der Waals surface area contributed by atoms with Gasteiger partial charge in [-0.25, -0.2) is 9.63 Å². The third-order valence-corrected chi connectivity index (χ3v) is 3.30. The lowest BCUT2D eigenvalue weighted by Crippen LogP contribution is -2.33. The summed E-state index contributed by atoms with van der Waals surface area (Å²) in [6, 6.07) is 9.30. The number of urea groups is 1. The second-order valence-electron chi connectivity index (χ2n) is 4.57. The lowest BCUT2D eigenvalue weighted by molar-refractivity contribution is 0.146. The van der Waals surface area contributed by atoms with E-state index < -0.39 is 0 Å². The smallest absolute Gasteiger partial charge is 0.322 e. The van der Waals surface area contributed by atoms with Crippen molar-refractivity contribution in [2.45, 2.75) is 18.7 Å². The fourth-order valence-electron chi connectivity index (χ4n) is 2.26. The molecule has 2 unspecified atom stereocenters. The van der Waals surface area contributed by atoms with Gasteiger partial charge in [0.05, 0.1) is 6.04 Å². The number of carbonyl (C=O) groups excluding carboxylic acids is 1. The minimum absolute atomic E-state index is 0.121. The van der Waals surface area contributed by atoms with Gasteiger partial charge in [-0.15, -0.1) is 0 Å². The number of hydroxylamine groups is 2. The van der Waals surface area contributed by atoms with Gasteiger partial charge >= 0.3 is 6.03 Å². The summed E-state index contributed by atoms with van der Waals surface area (Å²) < 4.78 is 0. The highest BCUT2D eigenvalue weighted by molar-refractivity contribution is 5.75. The standard InChI is InChI=1S/C12H13N5O2/c13-15-14-10-6-7-16(8-10)12(18)17-11(19-17)9-4-2-1-3-5-9/h1-5,10-11H,6-8H2. The van der Waals surface area contributed by atoms with E-state index in [1.165, 1.54) is 5.06 Å². The van der Waals surface area contributed by atoms with Crippen LogP contribution in [0.15, 0.2) is 35.4 Å². The van der Waals surface area contributed by atoms with Crippen molar-refractivity contribution in [1.82, 2.24) is 9.96 Å². The van der Waals surface area contributed by atoms with Gasteiger partial charge in [0.15, 0.2) is 0 Å². The highest BCUT2D eigenvalue weighted by Crippen LogP contribution is 2.38. The van der Waals surface area contributed by atoms with E-state index in [2.05, 4.69) is 10.0 Å². The Bertz CT molecular complexity index is 528. The van der Waals surface area contributed by atoms with Crippen molar-refractivity contribution < 1.29 is 9.63 Å². The summed E-state index contributed by atoms with van der Waals surface area (Å²) in [5.41, 5.74) is 9.34. The zero-order chi connectivity index (χ0) is 13.2. The summed E-state index contributed by atoms with van der Waals surface area (Å²) in [5.74, 6) is 0.